The average molecular weight is 309 g/mol. The normalized spacial score (nSPS) is 10.4. The molecule has 0 saturated carbocycles. The van der Waals surface area contributed by atoms with E-state index in [1.807, 2.05) is 0 Å². The standard InChI is InChI=1S/C11H15N7O4/c12-11(13)14-5-1-2-6-15-16-9-4-3-8(17(19)20)7-10(9)18(21)22/h3-4,6-7,16H,1-2,5H2,(H4,12,13,14). The van der Waals surface area contributed by atoms with Gasteiger partial charge in [0.15, 0.2) is 5.96 Å². The molecule has 11 nitrogen and oxygen atoms in total. The first-order valence-electron chi connectivity index (χ1n) is 6.17. The van der Waals surface area contributed by atoms with Crippen LogP contribution in [0.2, 0.25) is 0 Å². The molecule has 0 aliphatic rings. The average Bonchev–Trinajstić information content (AvgIpc) is 2.45. The van der Waals surface area contributed by atoms with Crippen molar-refractivity contribution in [1.82, 2.24) is 0 Å². The van der Waals surface area contributed by atoms with Crippen LogP contribution in [0.5, 0.6) is 0 Å². The number of hydrazone groups is 1. The molecule has 0 fully saturated rings. The number of nitro groups is 2. The Morgan fingerprint density at radius 3 is 2.59 bits per heavy atom. The number of nitrogens with one attached hydrogen (secondary N) is 1. The first-order chi connectivity index (χ1) is 10.4. The molecule has 11 heteroatoms. The molecule has 0 aliphatic carbocycles. The van der Waals surface area contributed by atoms with Gasteiger partial charge in [0.2, 0.25) is 0 Å². The maximum atomic E-state index is 10.9. The molecule has 5 N–H and O–H groups in total. The molecule has 0 atom stereocenters. The van der Waals surface area contributed by atoms with Gasteiger partial charge < -0.3 is 11.5 Å². The smallest absolute Gasteiger partial charge is 0.301 e. The number of anilines is 1. The van der Waals surface area contributed by atoms with E-state index >= 15 is 0 Å². The Kier molecular flexibility index (Phi) is 6.22. The number of benzene rings is 1. The predicted molar refractivity (Wildman–Crippen MR) is 81.8 cm³/mol. The molecule has 0 aromatic heterocycles. The van der Waals surface area contributed by atoms with Gasteiger partial charge in [-0.15, -0.1) is 0 Å². The van der Waals surface area contributed by atoms with Gasteiger partial charge in [-0.05, 0) is 18.9 Å². The Hall–Kier alpha value is -3.24. The van der Waals surface area contributed by atoms with Crippen LogP contribution >= 0.6 is 0 Å². The molecule has 0 aliphatic heterocycles. The van der Waals surface area contributed by atoms with E-state index in [4.69, 9.17) is 11.5 Å². The number of unbranched alkanes of at least 4 members (excludes halogenated alkanes) is 1. The fraction of sp³-hybridized carbons (Fsp3) is 0.273. The molecule has 1 aromatic rings. The van der Waals surface area contributed by atoms with Crippen molar-refractivity contribution in [3.8, 4) is 0 Å². The molecule has 22 heavy (non-hydrogen) atoms. The SMILES string of the molecule is NC(N)=NCCCC=NNc1ccc([N+](=O)[O-])cc1[N+](=O)[O-]. The van der Waals surface area contributed by atoms with E-state index in [1.54, 1.807) is 0 Å². The number of hydrogen-bond donors (Lipinski definition) is 3. The van der Waals surface area contributed by atoms with E-state index < -0.39 is 15.5 Å². The van der Waals surface area contributed by atoms with Gasteiger partial charge in [-0.3, -0.25) is 30.6 Å². The summed E-state index contributed by atoms with van der Waals surface area (Å²) in [6.45, 7) is 0.450. The molecule has 0 unspecified atom stereocenters. The third-order valence-corrected chi connectivity index (χ3v) is 2.45. The molecular weight excluding hydrogens is 294 g/mol. The lowest BCUT2D eigenvalue weighted by molar-refractivity contribution is -0.393. The second-order valence-electron chi connectivity index (χ2n) is 4.09. The highest BCUT2D eigenvalue weighted by Gasteiger charge is 2.18. The lowest BCUT2D eigenvalue weighted by Gasteiger charge is -2.01. The summed E-state index contributed by atoms with van der Waals surface area (Å²) in [6, 6.07) is 3.26. The number of nitro benzene ring substituents is 2. The van der Waals surface area contributed by atoms with Crippen LogP contribution in [-0.2, 0) is 0 Å². The summed E-state index contributed by atoms with van der Waals surface area (Å²) in [6.07, 6.45) is 2.73. The fourth-order valence-corrected chi connectivity index (χ4v) is 1.45. The van der Waals surface area contributed by atoms with Gasteiger partial charge in [-0.1, -0.05) is 0 Å². The summed E-state index contributed by atoms with van der Waals surface area (Å²) in [5.41, 5.74) is 12.1. The Balaban J connectivity index is 2.63. The van der Waals surface area contributed by atoms with Crippen LogP contribution in [0.15, 0.2) is 28.3 Å². The van der Waals surface area contributed by atoms with E-state index in [0.717, 1.165) is 12.1 Å². The molecule has 0 spiro atoms. The number of nitrogens with two attached hydrogens (primary N) is 2. The van der Waals surface area contributed by atoms with Crippen molar-refractivity contribution in [2.24, 2.45) is 21.6 Å². The molecule has 0 saturated heterocycles. The van der Waals surface area contributed by atoms with Gasteiger partial charge in [0.05, 0.1) is 15.9 Å². The maximum Gasteiger partial charge on any atom is 0.301 e. The molecule has 0 bridgehead atoms. The van der Waals surface area contributed by atoms with Crippen molar-refractivity contribution >= 4 is 29.2 Å². The Morgan fingerprint density at radius 1 is 1.27 bits per heavy atom. The van der Waals surface area contributed by atoms with Crippen LogP contribution in [0.3, 0.4) is 0 Å². The van der Waals surface area contributed by atoms with Crippen LogP contribution in [0, 0.1) is 20.2 Å². The van der Waals surface area contributed by atoms with Crippen LogP contribution in [-0.4, -0.2) is 28.6 Å². The monoisotopic (exact) mass is 309 g/mol. The van der Waals surface area contributed by atoms with Crippen molar-refractivity contribution in [3.63, 3.8) is 0 Å². The van der Waals surface area contributed by atoms with Crippen LogP contribution < -0.4 is 16.9 Å². The van der Waals surface area contributed by atoms with E-state index in [2.05, 4.69) is 15.5 Å². The van der Waals surface area contributed by atoms with Crippen molar-refractivity contribution in [2.75, 3.05) is 12.0 Å². The number of nitrogens with zero attached hydrogens (tertiary/aromatic N) is 4. The maximum absolute atomic E-state index is 10.9. The number of guanidine groups is 1. The lowest BCUT2D eigenvalue weighted by atomic mass is 10.2. The third kappa shape index (κ3) is 5.40. The number of rotatable bonds is 8. The second-order valence-corrected chi connectivity index (χ2v) is 4.09. The van der Waals surface area contributed by atoms with Crippen molar-refractivity contribution in [3.05, 3.63) is 38.4 Å². The molecule has 118 valence electrons. The summed E-state index contributed by atoms with van der Waals surface area (Å²) in [5, 5.41) is 25.3. The Bertz CT molecular complexity index is 610. The van der Waals surface area contributed by atoms with E-state index in [0.29, 0.717) is 19.4 Å². The van der Waals surface area contributed by atoms with Crippen LogP contribution in [0.1, 0.15) is 12.8 Å². The number of non-ortho nitro benzene ring substituents is 1. The minimum absolute atomic E-state index is 0.0107. The van der Waals surface area contributed by atoms with Gasteiger partial charge in [0, 0.05) is 18.8 Å². The summed E-state index contributed by atoms with van der Waals surface area (Å²) in [7, 11) is 0. The predicted octanol–water partition coefficient (Wildman–Crippen LogP) is 0.954. The third-order valence-electron chi connectivity index (χ3n) is 2.45. The molecule has 1 rings (SSSR count). The van der Waals surface area contributed by atoms with Gasteiger partial charge in [0.25, 0.3) is 5.69 Å². The van der Waals surface area contributed by atoms with Crippen molar-refractivity contribution in [1.29, 1.82) is 0 Å². The van der Waals surface area contributed by atoms with Gasteiger partial charge in [-0.2, -0.15) is 5.10 Å². The van der Waals surface area contributed by atoms with E-state index in [1.165, 1.54) is 12.3 Å². The zero-order valence-electron chi connectivity index (χ0n) is 11.5. The molecule has 0 amide bonds. The summed E-state index contributed by atoms with van der Waals surface area (Å²) < 4.78 is 0. The second kappa shape index (κ2) is 8.14. The highest BCUT2D eigenvalue weighted by molar-refractivity contribution is 5.75. The summed E-state index contributed by atoms with van der Waals surface area (Å²) >= 11 is 0. The number of aliphatic imine (C=N–C) groups is 1. The summed E-state index contributed by atoms with van der Waals surface area (Å²) in [5.74, 6) is 0.0107. The largest absolute Gasteiger partial charge is 0.370 e. The molecule has 1 aromatic carbocycles. The van der Waals surface area contributed by atoms with Gasteiger partial charge in [-0.25, -0.2) is 0 Å². The number of hydrogen-bond acceptors (Lipinski definition) is 7. The molecule has 0 radical (unpaired) electrons. The quantitative estimate of drug-likeness (QED) is 0.210. The van der Waals surface area contributed by atoms with Gasteiger partial charge in [0.1, 0.15) is 5.69 Å². The minimum atomic E-state index is -0.719. The highest BCUT2D eigenvalue weighted by atomic mass is 16.6. The first kappa shape index (κ1) is 16.8. The minimum Gasteiger partial charge on any atom is -0.370 e. The van der Waals surface area contributed by atoms with Crippen molar-refractivity contribution in [2.45, 2.75) is 12.8 Å². The van der Waals surface area contributed by atoms with Crippen molar-refractivity contribution < 1.29 is 9.85 Å². The van der Waals surface area contributed by atoms with Crippen LogP contribution in [0.25, 0.3) is 0 Å². The molecular formula is C11H15N7O4. The zero-order valence-corrected chi connectivity index (χ0v) is 11.5. The van der Waals surface area contributed by atoms with E-state index in [-0.39, 0.29) is 17.3 Å². The summed E-state index contributed by atoms with van der Waals surface area (Å²) in [4.78, 5) is 23.8. The lowest BCUT2D eigenvalue weighted by Crippen LogP contribution is -2.22. The topological polar surface area (TPSA) is 175 Å². The highest BCUT2D eigenvalue weighted by Crippen LogP contribution is 2.28. The van der Waals surface area contributed by atoms with Crippen LogP contribution in [0.4, 0.5) is 17.1 Å². The van der Waals surface area contributed by atoms with E-state index in [9.17, 15) is 20.2 Å². The van der Waals surface area contributed by atoms with Gasteiger partial charge >= 0.3 is 5.69 Å². The first-order valence-corrected chi connectivity index (χ1v) is 6.17. The Labute approximate surface area is 125 Å². The molecule has 0 heterocycles. The zero-order chi connectivity index (χ0) is 16.5. The Morgan fingerprint density at radius 2 is 2.00 bits per heavy atom. The fourth-order valence-electron chi connectivity index (χ4n) is 1.45.